The second-order valence-corrected chi connectivity index (χ2v) is 4.74. The summed E-state index contributed by atoms with van der Waals surface area (Å²) in [5, 5.41) is 2.88. The van der Waals surface area contributed by atoms with Gasteiger partial charge in [-0.1, -0.05) is 18.2 Å². The molecule has 0 bridgehead atoms. The number of hydrogen-bond donors (Lipinski definition) is 1. The van der Waals surface area contributed by atoms with Gasteiger partial charge < -0.3 is 5.32 Å². The van der Waals surface area contributed by atoms with Gasteiger partial charge in [0.05, 0.1) is 15.7 Å². The fraction of sp³-hybridized carbons (Fsp3) is 0. The van der Waals surface area contributed by atoms with E-state index in [0.29, 0.717) is 5.56 Å². The molecule has 2 aromatic carbocycles. The molecule has 3 nitrogen and oxygen atoms in total. The summed E-state index contributed by atoms with van der Waals surface area (Å²) in [6, 6.07) is 14.9. The third-order valence-corrected chi connectivity index (χ3v) is 3.42. The van der Waals surface area contributed by atoms with Gasteiger partial charge in [0.15, 0.2) is 0 Å². The molecule has 0 saturated carbocycles. The van der Waals surface area contributed by atoms with Crippen molar-refractivity contribution in [3.8, 4) is 0 Å². The predicted molar refractivity (Wildman–Crippen MR) is 74.0 cm³/mol. The standard InChI is InChI=1S/C14H10N2OS/c17-14(10-4-2-1-3-5-10)16-11-6-7-12-13(8-11)18-9-15-12/h1-9H,(H,16,17). The molecule has 1 heterocycles. The van der Waals surface area contributed by atoms with Crippen LogP contribution in [-0.4, -0.2) is 10.9 Å². The van der Waals surface area contributed by atoms with E-state index in [1.807, 2.05) is 36.4 Å². The molecule has 0 aliphatic heterocycles. The maximum atomic E-state index is 12.0. The normalized spacial score (nSPS) is 10.4. The van der Waals surface area contributed by atoms with Crippen molar-refractivity contribution in [2.24, 2.45) is 0 Å². The lowest BCUT2D eigenvalue weighted by Crippen LogP contribution is -2.11. The zero-order chi connectivity index (χ0) is 12.4. The average molecular weight is 254 g/mol. The molecule has 1 aromatic heterocycles. The number of rotatable bonds is 2. The van der Waals surface area contributed by atoms with E-state index in [-0.39, 0.29) is 5.91 Å². The third kappa shape index (κ3) is 2.10. The molecule has 0 saturated heterocycles. The first kappa shape index (κ1) is 10.9. The highest BCUT2D eigenvalue weighted by atomic mass is 32.1. The Kier molecular flexibility index (Phi) is 2.78. The van der Waals surface area contributed by atoms with Crippen LogP contribution >= 0.6 is 11.3 Å². The van der Waals surface area contributed by atoms with Crippen LogP contribution in [0.3, 0.4) is 0 Å². The Morgan fingerprint density at radius 3 is 2.78 bits per heavy atom. The summed E-state index contributed by atoms with van der Waals surface area (Å²) in [4.78, 5) is 16.2. The van der Waals surface area contributed by atoms with Crippen LogP contribution in [-0.2, 0) is 0 Å². The van der Waals surface area contributed by atoms with Crippen molar-refractivity contribution >= 4 is 33.1 Å². The molecule has 0 aliphatic rings. The maximum absolute atomic E-state index is 12.0. The Bertz CT molecular complexity index is 691. The van der Waals surface area contributed by atoms with Gasteiger partial charge in [0, 0.05) is 11.3 Å². The average Bonchev–Trinajstić information content (AvgIpc) is 2.87. The highest BCUT2D eigenvalue weighted by Gasteiger charge is 2.05. The van der Waals surface area contributed by atoms with Crippen molar-refractivity contribution in [1.29, 1.82) is 0 Å². The van der Waals surface area contributed by atoms with Crippen molar-refractivity contribution in [1.82, 2.24) is 4.98 Å². The van der Waals surface area contributed by atoms with Crippen molar-refractivity contribution in [2.75, 3.05) is 5.32 Å². The first-order valence-electron chi connectivity index (χ1n) is 5.52. The van der Waals surface area contributed by atoms with Crippen LogP contribution in [0.2, 0.25) is 0 Å². The van der Waals surface area contributed by atoms with E-state index in [1.165, 1.54) is 0 Å². The van der Waals surface area contributed by atoms with Gasteiger partial charge in [-0.3, -0.25) is 4.79 Å². The lowest BCUT2D eigenvalue weighted by atomic mass is 10.2. The number of benzene rings is 2. The van der Waals surface area contributed by atoms with E-state index in [2.05, 4.69) is 10.3 Å². The van der Waals surface area contributed by atoms with Gasteiger partial charge in [-0.05, 0) is 30.3 Å². The predicted octanol–water partition coefficient (Wildman–Crippen LogP) is 3.55. The van der Waals surface area contributed by atoms with Crippen LogP contribution in [0, 0.1) is 0 Å². The molecule has 1 N–H and O–H groups in total. The number of nitrogens with one attached hydrogen (secondary N) is 1. The lowest BCUT2D eigenvalue weighted by molar-refractivity contribution is 0.102. The summed E-state index contributed by atoms with van der Waals surface area (Å²) in [6.07, 6.45) is 0. The number of thiazole rings is 1. The number of amides is 1. The van der Waals surface area contributed by atoms with Gasteiger partial charge in [0.25, 0.3) is 5.91 Å². The molecule has 0 unspecified atom stereocenters. The Balaban J connectivity index is 1.86. The fourth-order valence-electron chi connectivity index (χ4n) is 1.73. The zero-order valence-corrected chi connectivity index (χ0v) is 10.3. The van der Waals surface area contributed by atoms with E-state index in [9.17, 15) is 4.79 Å². The highest BCUT2D eigenvalue weighted by molar-refractivity contribution is 7.16. The molecule has 3 rings (SSSR count). The molecular weight excluding hydrogens is 244 g/mol. The van der Waals surface area contributed by atoms with Crippen molar-refractivity contribution in [3.63, 3.8) is 0 Å². The zero-order valence-electron chi connectivity index (χ0n) is 9.46. The van der Waals surface area contributed by atoms with Gasteiger partial charge >= 0.3 is 0 Å². The van der Waals surface area contributed by atoms with Gasteiger partial charge in [-0.15, -0.1) is 11.3 Å². The quantitative estimate of drug-likeness (QED) is 0.760. The second kappa shape index (κ2) is 4.58. The minimum absolute atomic E-state index is 0.0977. The van der Waals surface area contributed by atoms with Crippen LogP contribution in [0.5, 0.6) is 0 Å². The minimum Gasteiger partial charge on any atom is -0.322 e. The smallest absolute Gasteiger partial charge is 0.255 e. The number of hydrogen-bond acceptors (Lipinski definition) is 3. The number of carbonyl (C=O) groups is 1. The van der Waals surface area contributed by atoms with Gasteiger partial charge in [0.1, 0.15) is 0 Å². The molecule has 0 spiro atoms. The second-order valence-electron chi connectivity index (χ2n) is 3.86. The molecular formula is C14H10N2OS. The van der Waals surface area contributed by atoms with E-state index in [4.69, 9.17) is 0 Å². The highest BCUT2D eigenvalue weighted by Crippen LogP contribution is 2.22. The molecule has 4 heteroatoms. The Labute approximate surface area is 108 Å². The lowest BCUT2D eigenvalue weighted by Gasteiger charge is -2.04. The molecule has 1 amide bonds. The summed E-state index contributed by atoms with van der Waals surface area (Å²) in [6.45, 7) is 0. The van der Waals surface area contributed by atoms with Crippen molar-refractivity contribution in [3.05, 3.63) is 59.6 Å². The van der Waals surface area contributed by atoms with Gasteiger partial charge in [-0.2, -0.15) is 0 Å². The first-order valence-corrected chi connectivity index (χ1v) is 6.40. The van der Waals surface area contributed by atoms with Crippen molar-refractivity contribution in [2.45, 2.75) is 0 Å². The minimum atomic E-state index is -0.0977. The molecule has 0 fully saturated rings. The molecule has 0 atom stereocenters. The number of anilines is 1. The van der Waals surface area contributed by atoms with E-state index < -0.39 is 0 Å². The van der Waals surface area contributed by atoms with Crippen LogP contribution < -0.4 is 5.32 Å². The molecule has 88 valence electrons. The van der Waals surface area contributed by atoms with E-state index >= 15 is 0 Å². The van der Waals surface area contributed by atoms with Crippen molar-refractivity contribution < 1.29 is 4.79 Å². The Hall–Kier alpha value is -2.20. The van der Waals surface area contributed by atoms with Gasteiger partial charge in [0.2, 0.25) is 0 Å². The van der Waals surface area contributed by atoms with Crippen LogP contribution in [0.25, 0.3) is 10.2 Å². The third-order valence-electron chi connectivity index (χ3n) is 2.63. The number of fused-ring (bicyclic) bond motifs is 1. The summed E-state index contributed by atoms with van der Waals surface area (Å²) in [7, 11) is 0. The number of aromatic nitrogens is 1. The fourth-order valence-corrected chi connectivity index (χ4v) is 2.44. The molecule has 3 aromatic rings. The maximum Gasteiger partial charge on any atom is 0.255 e. The number of carbonyl (C=O) groups excluding carboxylic acids is 1. The van der Waals surface area contributed by atoms with Gasteiger partial charge in [-0.25, -0.2) is 4.98 Å². The van der Waals surface area contributed by atoms with Crippen LogP contribution in [0.4, 0.5) is 5.69 Å². The largest absolute Gasteiger partial charge is 0.322 e. The molecule has 0 radical (unpaired) electrons. The van der Waals surface area contributed by atoms with Crippen LogP contribution in [0.15, 0.2) is 54.0 Å². The Morgan fingerprint density at radius 2 is 1.94 bits per heavy atom. The monoisotopic (exact) mass is 254 g/mol. The molecule has 18 heavy (non-hydrogen) atoms. The topological polar surface area (TPSA) is 42.0 Å². The SMILES string of the molecule is O=C(Nc1ccc2ncsc2c1)c1ccccc1. The summed E-state index contributed by atoms with van der Waals surface area (Å²) < 4.78 is 1.07. The first-order chi connectivity index (χ1) is 8.83. The summed E-state index contributed by atoms with van der Waals surface area (Å²) >= 11 is 1.56. The van der Waals surface area contributed by atoms with E-state index in [0.717, 1.165) is 15.9 Å². The molecule has 0 aliphatic carbocycles. The van der Waals surface area contributed by atoms with E-state index in [1.54, 1.807) is 29.0 Å². The number of nitrogens with zero attached hydrogens (tertiary/aromatic N) is 1. The Morgan fingerprint density at radius 1 is 1.11 bits per heavy atom. The summed E-state index contributed by atoms with van der Waals surface area (Å²) in [5.74, 6) is -0.0977. The summed E-state index contributed by atoms with van der Waals surface area (Å²) in [5.41, 5.74) is 4.20. The van der Waals surface area contributed by atoms with Crippen LogP contribution in [0.1, 0.15) is 10.4 Å².